The van der Waals surface area contributed by atoms with Crippen LogP contribution < -0.4 is 10.6 Å². The molecule has 2 aromatic heterocycles. The summed E-state index contributed by atoms with van der Waals surface area (Å²) in [5, 5.41) is 18.1. The zero-order valence-corrected chi connectivity index (χ0v) is 16.1. The Morgan fingerprint density at radius 2 is 2.00 bits per heavy atom. The predicted molar refractivity (Wildman–Crippen MR) is 106 cm³/mol. The van der Waals surface area contributed by atoms with Gasteiger partial charge in [0.25, 0.3) is 0 Å². The topological polar surface area (TPSA) is 91.6 Å². The third-order valence-electron chi connectivity index (χ3n) is 3.99. The van der Waals surface area contributed by atoms with Crippen LogP contribution in [0.4, 0.5) is 5.69 Å². The number of carbonyl (C=O) groups excluding carboxylic acids is 2. The molecule has 1 atom stereocenters. The van der Waals surface area contributed by atoms with Gasteiger partial charge in [-0.3, -0.25) is 9.59 Å². The van der Waals surface area contributed by atoms with E-state index in [1.165, 1.54) is 35.6 Å². The lowest BCUT2D eigenvalue weighted by Crippen LogP contribution is -2.44. The van der Waals surface area contributed by atoms with Gasteiger partial charge in [-0.1, -0.05) is 18.2 Å². The zero-order valence-electron chi connectivity index (χ0n) is 14.5. The van der Waals surface area contributed by atoms with Crippen molar-refractivity contribution in [3.8, 4) is 0 Å². The van der Waals surface area contributed by atoms with Crippen LogP contribution >= 0.6 is 23.1 Å². The van der Waals surface area contributed by atoms with Crippen molar-refractivity contribution in [1.29, 1.82) is 0 Å². The van der Waals surface area contributed by atoms with Crippen molar-refractivity contribution in [1.82, 2.24) is 5.32 Å². The summed E-state index contributed by atoms with van der Waals surface area (Å²) in [4.78, 5) is 26.0. The number of thioether (sulfide) groups is 1. The first kappa shape index (κ1) is 19.2. The molecule has 27 heavy (non-hydrogen) atoms. The maximum absolute atomic E-state index is 12.3. The van der Waals surface area contributed by atoms with Gasteiger partial charge in [-0.05, 0) is 35.9 Å². The van der Waals surface area contributed by atoms with Crippen LogP contribution in [0, 0.1) is 0 Å². The first-order valence-corrected chi connectivity index (χ1v) is 10.2. The highest BCUT2D eigenvalue weighted by atomic mass is 32.2. The van der Waals surface area contributed by atoms with Crippen LogP contribution in [0.15, 0.2) is 69.7 Å². The van der Waals surface area contributed by atoms with Gasteiger partial charge in [-0.2, -0.15) is 0 Å². The molecule has 0 saturated carbocycles. The summed E-state index contributed by atoms with van der Waals surface area (Å²) in [6.07, 6.45) is 4.75. The first-order chi connectivity index (χ1) is 13.0. The van der Waals surface area contributed by atoms with Crippen LogP contribution in [-0.4, -0.2) is 29.7 Å². The van der Waals surface area contributed by atoms with Gasteiger partial charge in [0.05, 0.1) is 24.8 Å². The van der Waals surface area contributed by atoms with Crippen LogP contribution in [-0.2, 0) is 15.2 Å². The van der Waals surface area contributed by atoms with Crippen LogP contribution in [0.2, 0.25) is 0 Å². The number of amides is 2. The van der Waals surface area contributed by atoms with E-state index in [1.807, 2.05) is 23.8 Å². The molecule has 2 heterocycles. The Bertz CT molecular complexity index is 873. The summed E-state index contributed by atoms with van der Waals surface area (Å²) in [6, 6.07) is 12.4. The highest BCUT2D eigenvalue weighted by molar-refractivity contribution is 7.98. The molecule has 2 amide bonds. The fourth-order valence-electron chi connectivity index (χ4n) is 2.56. The minimum absolute atomic E-state index is 0.163. The maximum Gasteiger partial charge on any atom is 0.313 e. The van der Waals surface area contributed by atoms with E-state index in [4.69, 9.17) is 4.42 Å². The van der Waals surface area contributed by atoms with Crippen LogP contribution in [0.5, 0.6) is 0 Å². The lowest BCUT2D eigenvalue weighted by Gasteiger charge is -2.26. The molecule has 0 fully saturated rings. The minimum atomic E-state index is -1.48. The maximum atomic E-state index is 12.3. The molecule has 0 radical (unpaired) electrons. The Morgan fingerprint density at radius 1 is 1.19 bits per heavy atom. The lowest BCUT2D eigenvalue weighted by molar-refractivity contribution is -0.136. The van der Waals surface area contributed by atoms with Gasteiger partial charge in [0.2, 0.25) is 0 Å². The summed E-state index contributed by atoms with van der Waals surface area (Å²) in [6.45, 7) is -0.163. The largest absolute Gasteiger partial charge is 0.472 e. The molecule has 0 saturated heterocycles. The Balaban J connectivity index is 1.70. The molecule has 0 aliphatic carbocycles. The standard InChI is InChI=1S/C19H18N2O4S2/c1-26-15-6-3-2-5-14(15)21-18(23)17(22)20-12-19(24,13-8-9-25-11-13)16-7-4-10-27-16/h2-11,24H,12H2,1H3,(H,20,22)(H,21,23)/t19-/m1/s1. The molecule has 0 aliphatic heterocycles. The molecule has 0 unspecified atom stereocenters. The number of aliphatic hydroxyl groups is 1. The number of benzene rings is 1. The molecule has 0 bridgehead atoms. The fourth-order valence-corrected chi connectivity index (χ4v) is 3.96. The predicted octanol–water partition coefficient (Wildman–Crippen LogP) is 3.05. The molecular formula is C19H18N2O4S2. The van der Waals surface area contributed by atoms with E-state index in [-0.39, 0.29) is 6.54 Å². The van der Waals surface area contributed by atoms with E-state index in [0.29, 0.717) is 16.1 Å². The number of para-hydroxylation sites is 1. The van der Waals surface area contributed by atoms with E-state index in [2.05, 4.69) is 10.6 Å². The monoisotopic (exact) mass is 402 g/mol. The Morgan fingerprint density at radius 3 is 2.67 bits per heavy atom. The van der Waals surface area contributed by atoms with Crippen molar-refractivity contribution in [3.63, 3.8) is 0 Å². The second kappa shape index (κ2) is 8.43. The number of hydrogen-bond donors (Lipinski definition) is 3. The van der Waals surface area contributed by atoms with Gasteiger partial charge < -0.3 is 20.2 Å². The van der Waals surface area contributed by atoms with Crippen LogP contribution in [0.3, 0.4) is 0 Å². The molecule has 3 aromatic rings. The Hall–Kier alpha value is -2.55. The van der Waals surface area contributed by atoms with Crippen molar-refractivity contribution in [2.45, 2.75) is 10.5 Å². The average molecular weight is 402 g/mol. The summed E-state index contributed by atoms with van der Waals surface area (Å²) in [5.41, 5.74) is -0.416. The van der Waals surface area contributed by atoms with Gasteiger partial charge in [0, 0.05) is 15.3 Å². The van der Waals surface area contributed by atoms with Crippen molar-refractivity contribution in [2.24, 2.45) is 0 Å². The van der Waals surface area contributed by atoms with Crippen molar-refractivity contribution >= 4 is 40.6 Å². The number of furan rings is 1. The number of anilines is 1. The smallest absolute Gasteiger partial charge is 0.313 e. The summed E-state index contributed by atoms with van der Waals surface area (Å²) < 4.78 is 5.07. The van der Waals surface area contributed by atoms with Gasteiger partial charge in [0.15, 0.2) is 0 Å². The molecule has 6 nitrogen and oxygen atoms in total. The molecule has 0 spiro atoms. The summed E-state index contributed by atoms with van der Waals surface area (Å²) >= 11 is 2.82. The van der Waals surface area contributed by atoms with Gasteiger partial charge in [-0.25, -0.2) is 0 Å². The quantitative estimate of drug-likeness (QED) is 0.435. The second-order valence-corrected chi connectivity index (χ2v) is 7.48. The van der Waals surface area contributed by atoms with E-state index >= 15 is 0 Å². The Labute approximate surface area is 164 Å². The highest BCUT2D eigenvalue weighted by Gasteiger charge is 2.35. The SMILES string of the molecule is CSc1ccccc1NC(=O)C(=O)NC[C@@](O)(c1ccoc1)c1cccs1. The number of nitrogens with one attached hydrogen (secondary N) is 2. The van der Waals surface area contributed by atoms with Gasteiger partial charge in [0.1, 0.15) is 5.60 Å². The van der Waals surface area contributed by atoms with E-state index in [9.17, 15) is 14.7 Å². The summed E-state index contributed by atoms with van der Waals surface area (Å²) in [5.74, 6) is -1.62. The summed E-state index contributed by atoms with van der Waals surface area (Å²) in [7, 11) is 0. The molecular weight excluding hydrogens is 384 g/mol. The number of hydrogen-bond acceptors (Lipinski definition) is 6. The Kier molecular flexibility index (Phi) is 6.00. The molecule has 140 valence electrons. The van der Waals surface area contributed by atoms with Crippen LogP contribution in [0.1, 0.15) is 10.4 Å². The molecule has 3 N–H and O–H groups in total. The van der Waals surface area contributed by atoms with E-state index < -0.39 is 17.4 Å². The first-order valence-electron chi connectivity index (χ1n) is 8.06. The third kappa shape index (κ3) is 4.24. The minimum Gasteiger partial charge on any atom is -0.472 e. The van der Waals surface area contributed by atoms with E-state index in [0.717, 1.165) is 4.90 Å². The second-order valence-electron chi connectivity index (χ2n) is 5.69. The zero-order chi connectivity index (χ0) is 19.3. The fraction of sp³-hybridized carbons (Fsp3) is 0.158. The van der Waals surface area contributed by atoms with Crippen LogP contribution in [0.25, 0.3) is 0 Å². The lowest BCUT2D eigenvalue weighted by atomic mass is 9.94. The molecule has 0 aliphatic rings. The number of thiophene rings is 1. The average Bonchev–Trinajstić information content (AvgIpc) is 3.40. The van der Waals surface area contributed by atoms with Crippen molar-refractivity contribution in [3.05, 3.63) is 70.8 Å². The number of rotatable bonds is 6. The van der Waals surface area contributed by atoms with Gasteiger partial charge >= 0.3 is 11.8 Å². The van der Waals surface area contributed by atoms with Gasteiger partial charge in [-0.15, -0.1) is 23.1 Å². The normalized spacial score (nSPS) is 13.0. The molecule has 3 rings (SSSR count). The number of carbonyl (C=O) groups is 2. The third-order valence-corrected chi connectivity index (χ3v) is 5.81. The van der Waals surface area contributed by atoms with Crippen molar-refractivity contribution < 1.29 is 19.1 Å². The molecule has 8 heteroatoms. The molecule has 1 aromatic carbocycles. The highest BCUT2D eigenvalue weighted by Crippen LogP contribution is 2.32. The van der Waals surface area contributed by atoms with E-state index in [1.54, 1.807) is 30.3 Å². The van der Waals surface area contributed by atoms with Crippen molar-refractivity contribution in [2.75, 3.05) is 18.1 Å².